The van der Waals surface area contributed by atoms with Crippen molar-refractivity contribution in [3.63, 3.8) is 0 Å². The van der Waals surface area contributed by atoms with E-state index in [9.17, 15) is 10.2 Å². The lowest BCUT2D eigenvalue weighted by Crippen LogP contribution is -2.28. The Bertz CT molecular complexity index is 953. The predicted octanol–water partition coefficient (Wildman–Crippen LogP) is 6.55. The van der Waals surface area contributed by atoms with Gasteiger partial charge in [0.25, 0.3) is 0 Å². The molecule has 0 bridgehead atoms. The van der Waals surface area contributed by atoms with E-state index in [-0.39, 0.29) is 11.5 Å². The standard InChI is InChI=1S/C25H24O2/c1-17(13-15-19(3)26)25(18(2)14-16-20(4)27)23-11-7-5-9-21(23)22-10-6-8-12-24(22)25/h5-16,26-27H,1,3H2,2,4H3/b15-13-,18-14+,20-16+. The predicted molar refractivity (Wildman–Crippen MR) is 113 cm³/mol. The summed E-state index contributed by atoms with van der Waals surface area (Å²) in [6.45, 7) is 11.6. The lowest BCUT2D eigenvalue weighted by atomic mass is 9.67. The monoisotopic (exact) mass is 356 g/mol. The molecule has 0 aromatic heterocycles. The highest BCUT2D eigenvalue weighted by molar-refractivity contribution is 5.86. The lowest BCUT2D eigenvalue weighted by molar-refractivity contribution is 0.414. The van der Waals surface area contributed by atoms with E-state index in [0.29, 0.717) is 0 Å². The van der Waals surface area contributed by atoms with Gasteiger partial charge in [-0.2, -0.15) is 0 Å². The van der Waals surface area contributed by atoms with Crippen LogP contribution in [-0.2, 0) is 5.41 Å². The minimum Gasteiger partial charge on any atom is -0.513 e. The molecule has 27 heavy (non-hydrogen) atoms. The molecule has 0 fully saturated rings. The van der Waals surface area contributed by atoms with Crippen LogP contribution in [0.3, 0.4) is 0 Å². The summed E-state index contributed by atoms with van der Waals surface area (Å²) in [5, 5.41) is 19.2. The van der Waals surface area contributed by atoms with Crippen molar-refractivity contribution in [2.24, 2.45) is 0 Å². The van der Waals surface area contributed by atoms with Crippen LogP contribution in [0.15, 0.2) is 109 Å². The van der Waals surface area contributed by atoms with Crippen LogP contribution in [0.25, 0.3) is 11.1 Å². The van der Waals surface area contributed by atoms with Crippen molar-refractivity contribution in [2.75, 3.05) is 0 Å². The van der Waals surface area contributed by atoms with Gasteiger partial charge in [0.1, 0.15) is 5.76 Å². The first-order chi connectivity index (χ1) is 12.9. The van der Waals surface area contributed by atoms with E-state index in [1.807, 2.05) is 43.3 Å². The smallest absolute Gasteiger partial charge is 0.108 e. The van der Waals surface area contributed by atoms with Gasteiger partial charge in [-0.1, -0.05) is 79.4 Å². The van der Waals surface area contributed by atoms with E-state index in [2.05, 4.69) is 37.4 Å². The second-order valence-electron chi connectivity index (χ2n) is 6.85. The Balaban J connectivity index is 2.37. The van der Waals surface area contributed by atoms with Gasteiger partial charge in [0.2, 0.25) is 0 Å². The Kier molecular flexibility index (Phi) is 4.91. The molecule has 0 radical (unpaired) electrons. The van der Waals surface area contributed by atoms with Gasteiger partial charge in [-0.25, -0.2) is 0 Å². The summed E-state index contributed by atoms with van der Waals surface area (Å²) in [5.41, 5.74) is 5.90. The molecule has 1 aliphatic carbocycles. The molecule has 0 heterocycles. The fourth-order valence-electron chi connectivity index (χ4n) is 3.95. The summed E-state index contributed by atoms with van der Waals surface area (Å²) in [7, 11) is 0. The highest BCUT2D eigenvalue weighted by Crippen LogP contribution is 2.56. The Morgan fingerprint density at radius 2 is 1.33 bits per heavy atom. The third-order valence-corrected chi connectivity index (χ3v) is 5.08. The van der Waals surface area contributed by atoms with Gasteiger partial charge < -0.3 is 10.2 Å². The van der Waals surface area contributed by atoms with Crippen LogP contribution in [0.5, 0.6) is 0 Å². The number of rotatable bonds is 5. The van der Waals surface area contributed by atoms with Gasteiger partial charge >= 0.3 is 0 Å². The van der Waals surface area contributed by atoms with E-state index in [1.165, 1.54) is 11.1 Å². The van der Waals surface area contributed by atoms with E-state index >= 15 is 0 Å². The van der Waals surface area contributed by atoms with Crippen molar-refractivity contribution in [1.29, 1.82) is 0 Å². The maximum Gasteiger partial charge on any atom is 0.108 e. The summed E-state index contributed by atoms with van der Waals surface area (Å²) in [5.74, 6) is 0.229. The summed E-state index contributed by atoms with van der Waals surface area (Å²) >= 11 is 0. The summed E-state index contributed by atoms with van der Waals surface area (Å²) in [6.07, 6.45) is 7.01. The van der Waals surface area contributed by atoms with Crippen LogP contribution in [0.2, 0.25) is 0 Å². The first kappa shape index (κ1) is 18.5. The van der Waals surface area contributed by atoms with Crippen LogP contribution < -0.4 is 0 Å². The Labute approximate surface area is 160 Å². The molecule has 0 aliphatic heterocycles. The minimum absolute atomic E-state index is 0.0152. The van der Waals surface area contributed by atoms with Crippen molar-refractivity contribution >= 4 is 0 Å². The van der Waals surface area contributed by atoms with Crippen molar-refractivity contribution in [1.82, 2.24) is 0 Å². The molecular formula is C25H24O2. The van der Waals surface area contributed by atoms with E-state index < -0.39 is 5.41 Å². The molecule has 3 rings (SSSR count). The summed E-state index contributed by atoms with van der Waals surface area (Å²) < 4.78 is 0. The van der Waals surface area contributed by atoms with Gasteiger partial charge in [0, 0.05) is 0 Å². The van der Waals surface area contributed by atoms with E-state index in [4.69, 9.17) is 0 Å². The van der Waals surface area contributed by atoms with Gasteiger partial charge in [0.05, 0.1) is 11.2 Å². The SMILES string of the molecule is C=C(O)/C=C\C(=C)C1(/C(C)=C/C=C(\C)O)c2ccccc2-c2ccccc21. The lowest BCUT2D eigenvalue weighted by Gasteiger charge is -2.34. The zero-order valence-electron chi connectivity index (χ0n) is 15.7. The molecule has 0 spiro atoms. The maximum atomic E-state index is 9.67. The van der Waals surface area contributed by atoms with Crippen LogP contribution in [-0.4, -0.2) is 10.2 Å². The molecular weight excluding hydrogens is 332 g/mol. The highest BCUT2D eigenvalue weighted by Gasteiger charge is 2.45. The number of fused-ring (bicyclic) bond motifs is 3. The molecule has 2 aromatic rings. The molecule has 136 valence electrons. The molecule has 2 aromatic carbocycles. The normalized spacial score (nSPS) is 15.5. The fourth-order valence-corrected chi connectivity index (χ4v) is 3.95. The number of aliphatic hydroxyl groups is 2. The van der Waals surface area contributed by atoms with Crippen molar-refractivity contribution < 1.29 is 10.2 Å². The summed E-state index contributed by atoms with van der Waals surface area (Å²) in [6, 6.07) is 16.6. The zero-order chi connectivity index (χ0) is 19.6. The Hall–Kier alpha value is -3.26. The molecule has 2 heteroatoms. The Morgan fingerprint density at radius 1 is 0.815 bits per heavy atom. The molecule has 0 atom stereocenters. The molecule has 0 saturated heterocycles. The molecule has 1 aliphatic rings. The van der Waals surface area contributed by atoms with Gasteiger partial charge in [-0.15, -0.1) is 0 Å². The van der Waals surface area contributed by atoms with Gasteiger partial charge in [0.15, 0.2) is 0 Å². The average Bonchev–Trinajstić information content (AvgIpc) is 2.96. The third-order valence-electron chi connectivity index (χ3n) is 5.08. The Morgan fingerprint density at radius 3 is 1.81 bits per heavy atom. The van der Waals surface area contributed by atoms with E-state index in [0.717, 1.165) is 22.3 Å². The van der Waals surface area contributed by atoms with Gasteiger partial charge in [-0.3, -0.25) is 0 Å². The number of allylic oxidation sites excluding steroid dienone is 7. The summed E-state index contributed by atoms with van der Waals surface area (Å²) in [4.78, 5) is 0. The third kappa shape index (κ3) is 3.04. The molecule has 0 amide bonds. The topological polar surface area (TPSA) is 40.5 Å². The molecule has 2 N–H and O–H groups in total. The largest absolute Gasteiger partial charge is 0.513 e. The number of hydrogen-bond donors (Lipinski definition) is 2. The highest BCUT2D eigenvalue weighted by atomic mass is 16.3. The van der Waals surface area contributed by atoms with Gasteiger partial charge in [-0.05, 0) is 53.8 Å². The molecule has 0 saturated carbocycles. The number of hydrogen-bond acceptors (Lipinski definition) is 2. The quantitative estimate of drug-likeness (QED) is 0.471. The first-order valence-corrected chi connectivity index (χ1v) is 8.88. The average molecular weight is 356 g/mol. The van der Waals surface area contributed by atoms with Crippen molar-refractivity contribution in [2.45, 2.75) is 19.3 Å². The number of aliphatic hydroxyl groups excluding tert-OH is 2. The second kappa shape index (κ2) is 7.16. The fraction of sp³-hybridized carbons (Fsp3) is 0.120. The van der Waals surface area contributed by atoms with Crippen LogP contribution in [0, 0.1) is 0 Å². The van der Waals surface area contributed by atoms with Crippen molar-refractivity contribution in [3.8, 4) is 11.1 Å². The first-order valence-electron chi connectivity index (χ1n) is 8.88. The molecule has 2 nitrogen and oxygen atoms in total. The van der Waals surface area contributed by atoms with Crippen LogP contribution in [0.1, 0.15) is 25.0 Å². The number of benzene rings is 2. The zero-order valence-corrected chi connectivity index (χ0v) is 15.7. The van der Waals surface area contributed by atoms with Crippen molar-refractivity contribution in [3.05, 3.63) is 120 Å². The van der Waals surface area contributed by atoms with Crippen LogP contribution in [0.4, 0.5) is 0 Å². The molecule has 0 unspecified atom stereocenters. The van der Waals surface area contributed by atoms with Crippen LogP contribution >= 0.6 is 0 Å². The maximum absolute atomic E-state index is 9.67. The second-order valence-corrected chi connectivity index (χ2v) is 6.85. The minimum atomic E-state index is -0.578. The van der Waals surface area contributed by atoms with E-state index in [1.54, 1.807) is 19.1 Å².